The van der Waals surface area contributed by atoms with Crippen molar-refractivity contribution in [1.29, 1.82) is 0 Å². The summed E-state index contributed by atoms with van der Waals surface area (Å²) in [5, 5.41) is 12.2. The zero-order chi connectivity index (χ0) is 14.5. The topological polar surface area (TPSA) is 62.2 Å². The number of nitrogens with one attached hydrogen (secondary N) is 1. The van der Waals surface area contributed by atoms with E-state index in [-0.39, 0.29) is 11.6 Å². The van der Waals surface area contributed by atoms with Gasteiger partial charge in [0.1, 0.15) is 0 Å². The van der Waals surface area contributed by atoms with Crippen LogP contribution >= 0.6 is 15.9 Å². The van der Waals surface area contributed by atoms with Crippen LogP contribution in [0.3, 0.4) is 0 Å². The van der Waals surface area contributed by atoms with Crippen molar-refractivity contribution in [3.8, 4) is 0 Å². The Morgan fingerprint density at radius 2 is 2.00 bits per heavy atom. The smallest absolute Gasteiger partial charge is 0.337 e. The molecular weight excluding hydrogens is 320 g/mol. The summed E-state index contributed by atoms with van der Waals surface area (Å²) in [6.07, 6.45) is 1.38. The van der Waals surface area contributed by atoms with Gasteiger partial charge < -0.3 is 10.4 Å². The Balaban J connectivity index is 1.94. The van der Waals surface area contributed by atoms with Crippen LogP contribution in [0.25, 0.3) is 0 Å². The first-order valence-electron chi connectivity index (χ1n) is 6.23. The number of hydrogen-bond donors (Lipinski definition) is 2. The van der Waals surface area contributed by atoms with E-state index in [2.05, 4.69) is 45.3 Å². The predicted molar refractivity (Wildman–Crippen MR) is 80.6 cm³/mol. The van der Waals surface area contributed by atoms with Gasteiger partial charge in [0.15, 0.2) is 0 Å². The number of halogens is 1. The van der Waals surface area contributed by atoms with E-state index in [9.17, 15) is 4.79 Å². The van der Waals surface area contributed by atoms with E-state index in [1.165, 1.54) is 11.8 Å². The van der Waals surface area contributed by atoms with Crippen LogP contribution in [-0.2, 0) is 6.54 Å². The van der Waals surface area contributed by atoms with E-state index in [0.717, 1.165) is 10.2 Å². The van der Waals surface area contributed by atoms with Crippen molar-refractivity contribution in [1.82, 2.24) is 10.3 Å². The maximum absolute atomic E-state index is 10.7. The Bertz CT molecular complexity index is 582. The van der Waals surface area contributed by atoms with Crippen molar-refractivity contribution >= 4 is 21.9 Å². The zero-order valence-electron chi connectivity index (χ0n) is 11.0. The number of aromatic nitrogens is 1. The largest absolute Gasteiger partial charge is 0.478 e. The molecule has 0 aliphatic rings. The summed E-state index contributed by atoms with van der Waals surface area (Å²) >= 11 is 3.41. The fourth-order valence-corrected chi connectivity index (χ4v) is 2.05. The van der Waals surface area contributed by atoms with E-state index >= 15 is 0 Å². The van der Waals surface area contributed by atoms with Gasteiger partial charge in [0.25, 0.3) is 0 Å². The molecule has 0 fully saturated rings. The van der Waals surface area contributed by atoms with Crippen molar-refractivity contribution in [3.05, 3.63) is 63.9 Å². The van der Waals surface area contributed by atoms with Crippen LogP contribution in [0.2, 0.25) is 0 Å². The molecule has 0 aliphatic heterocycles. The fraction of sp³-hybridized carbons (Fsp3) is 0.200. The molecule has 0 bridgehead atoms. The molecule has 2 rings (SSSR count). The summed E-state index contributed by atoms with van der Waals surface area (Å²) in [7, 11) is 0. The second-order valence-electron chi connectivity index (χ2n) is 4.50. The number of rotatable bonds is 5. The number of benzene rings is 1. The first-order chi connectivity index (χ1) is 9.56. The molecule has 1 aromatic heterocycles. The van der Waals surface area contributed by atoms with Gasteiger partial charge in [-0.15, -0.1) is 0 Å². The fourth-order valence-electron chi connectivity index (χ4n) is 1.78. The predicted octanol–water partition coefficient (Wildman–Crippen LogP) is 3.39. The first kappa shape index (κ1) is 14.7. The molecule has 2 aromatic rings. The number of hydrogen-bond acceptors (Lipinski definition) is 3. The van der Waals surface area contributed by atoms with Gasteiger partial charge in [-0.1, -0.05) is 28.1 Å². The highest BCUT2D eigenvalue weighted by Gasteiger charge is 2.06. The quantitative estimate of drug-likeness (QED) is 0.879. The molecule has 20 heavy (non-hydrogen) atoms. The van der Waals surface area contributed by atoms with Crippen molar-refractivity contribution in [2.45, 2.75) is 19.5 Å². The van der Waals surface area contributed by atoms with E-state index < -0.39 is 5.97 Å². The molecule has 104 valence electrons. The summed E-state index contributed by atoms with van der Waals surface area (Å²) in [6.45, 7) is 2.67. The summed E-state index contributed by atoms with van der Waals surface area (Å²) in [4.78, 5) is 14.9. The molecule has 5 heteroatoms. The molecule has 0 radical (unpaired) electrons. The van der Waals surface area contributed by atoms with Crippen molar-refractivity contribution in [3.63, 3.8) is 0 Å². The van der Waals surface area contributed by atoms with Crippen LogP contribution < -0.4 is 5.32 Å². The molecule has 2 N–H and O–H groups in total. The summed E-state index contributed by atoms with van der Waals surface area (Å²) < 4.78 is 1.05. The highest BCUT2D eigenvalue weighted by atomic mass is 79.9. The van der Waals surface area contributed by atoms with E-state index in [1.54, 1.807) is 12.1 Å². The Hall–Kier alpha value is -1.72. The second kappa shape index (κ2) is 6.63. The van der Waals surface area contributed by atoms with E-state index in [4.69, 9.17) is 5.11 Å². The number of carboxylic acids is 1. The Kier molecular flexibility index (Phi) is 4.87. The van der Waals surface area contributed by atoms with Gasteiger partial charge >= 0.3 is 5.97 Å². The monoisotopic (exact) mass is 334 g/mol. The molecule has 4 nitrogen and oxygen atoms in total. The average molecular weight is 335 g/mol. The lowest BCUT2D eigenvalue weighted by Gasteiger charge is -2.14. The molecule has 1 aromatic carbocycles. The van der Waals surface area contributed by atoms with Crippen LogP contribution in [0.5, 0.6) is 0 Å². The Morgan fingerprint density at radius 3 is 2.55 bits per heavy atom. The molecule has 0 spiro atoms. The van der Waals surface area contributed by atoms with Crippen molar-refractivity contribution in [2.24, 2.45) is 0 Å². The highest BCUT2D eigenvalue weighted by Crippen LogP contribution is 2.16. The minimum absolute atomic E-state index is 0.198. The molecule has 0 saturated heterocycles. The van der Waals surface area contributed by atoms with Crippen LogP contribution in [0.15, 0.2) is 47.1 Å². The minimum atomic E-state index is -0.958. The Morgan fingerprint density at radius 1 is 1.30 bits per heavy atom. The molecule has 0 amide bonds. The third-order valence-corrected chi connectivity index (χ3v) is 3.56. The molecule has 0 saturated carbocycles. The number of pyridine rings is 1. The molecule has 0 unspecified atom stereocenters. The van der Waals surface area contributed by atoms with Gasteiger partial charge in [-0.3, -0.25) is 4.98 Å². The van der Waals surface area contributed by atoms with Gasteiger partial charge in [0.2, 0.25) is 0 Å². The SMILES string of the molecule is C[C@@H](NCc1ccc(C(=O)O)cn1)c1ccc(Br)cc1. The van der Waals surface area contributed by atoms with Crippen molar-refractivity contribution < 1.29 is 9.90 Å². The highest BCUT2D eigenvalue weighted by molar-refractivity contribution is 9.10. The van der Waals surface area contributed by atoms with Crippen molar-refractivity contribution in [2.75, 3.05) is 0 Å². The first-order valence-corrected chi connectivity index (χ1v) is 7.02. The van der Waals surface area contributed by atoms with Gasteiger partial charge in [0.05, 0.1) is 11.3 Å². The maximum Gasteiger partial charge on any atom is 0.337 e. The lowest BCUT2D eigenvalue weighted by molar-refractivity contribution is 0.0696. The van der Waals surface area contributed by atoms with Crippen LogP contribution in [0.1, 0.15) is 34.6 Å². The lowest BCUT2D eigenvalue weighted by Crippen LogP contribution is -2.18. The van der Waals surface area contributed by atoms with Gasteiger partial charge in [-0.05, 0) is 36.8 Å². The zero-order valence-corrected chi connectivity index (χ0v) is 12.6. The number of carbonyl (C=O) groups is 1. The van der Waals surface area contributed by atoms with E-state index in [1.807, 2.05) is 12.1 Å². The van der Waals surface area contributed by atoms with Gasteiger partial charge in [-0.2, -0.15) is 0 Å². The number of nitrogens with zero attached hydrogens (tertiary/aromatic N) is 1. The summed E-state index contributed by atoms with van der Waals surface area (Å²) in [5.41, 5.74) is 2.21. The lowest BCUT2D eigenvalue weighted by atomic mass is 10.1. The number of carboxylic acid groups (broad SMARTS) is 1. The minimum Gasteiger partial charge on any atom is -0.478 e. The molecule has 1 heterocycles. The number of aromatic carboxylic acids is 1. The summed E-state index contributed by atoms with van der Waals surface area (Å²) in [5.74, 6) is -0.958. The van der Waals surface area contributed by atoms with Gasteiger partial charge in [0, 0.05) is 23.3 Å². The second-order valence-corrected chi connectivity index (χ2v) is 5.41. The summed E-state index contributed by atoms with van der Waals surface area (Å²) in [6, 6.07) is 11.6. The molecule has 0 aliphatic carbocycles. The molecule has 1 atom stereocenters. The van der Waals surface area contributed by atoms with Crippen LogP contribution in [0.4, 0.5) is 0 Å². The third-order valence-electron chi connectivity index (χ3n) is 3.03. The maximum atomic E-state index is 10.7. The van der Waals surface area contributed by atoms with Gasteiger partial charge in [-0.25, -0.2) is 4.79 Å². The average Bonchev–Trinajstić information content (AvgIpc) is 2.46. The molecular formula is C15H15BrN2O2. The van der Waals surface area contributed by atoms with Crippen LogP contribution in [0, 0.1) is 0 Å². The van der Waals surface area contributed by atoms with E-state index in [0.29, 0.717) is 6.54 Å². The Labute approximate surface area is 126 Å². The van der Waals surface area contributed by atoms with Crippen LogP contribution in [-0.4, -0.2) is 16.1 Å². The third kappa shape index (κ3) is 3.88. The standard InChI is InChI=1S/C15H15BrN2O2/c1-10(11-2-5-13(16)6-3-11)17-9-14-7-4-12(8-18-14)15(19)20/h2-8,10,17H,9H2,1H3,(H,19,20)/t10-/m1/s1. The normalized spacial score (nSPS) is 12.1.